The third kappa shape index (κ3) is 12.1. The van der Waals surface area contributed by atoms with Crippen LogP contribution in [0.15, 0.2) is 30.3 Å². The van der Waals surface area contributed by atoms with Crippen LogP contribution in [0.25, 0.3) is 0 Å². The third-order valence-corrected chi connectivity index (χ3v) is 3.50. The molecule has 0 nitrogen and oxygen atoms in total. The number of unbranched alkanes of at least 4 members (excludes halogenated alkanes) is 6. The maximum atomic E-state index is 3.80. The molecule has 0 atom stereocenters. The number of hydrogen-bond donors (Lipinski definition) is 0. The Morgan fingerprint density at radius 1 is 0.938 bits per heavy atom. The Labute approximate surface area is 115 Å². The Morgan fingerprint density at radius 3 is 1.94 bits per heavy atom. The van der Waals surface area contributed by atoms with Gasteiger partial charge in [-0.3, -0.25) is 0 Å². The zero-order valence-corrected chi connectivity index (χ0v) is 13.9. The van der Waals surface area contributed by atoms with Crippen molar-refractivity contribution in [1.29, 1.82) is 0 Å². The van der Waals surface area contributed by atoms with Crippen LogP contribution in [-0.4, -0.2) is 22.5 Å². The van der Waals surface area contributed by atoms with E-state index in [4.69, 9.17) is 0 Å². The fourth-order valence-corrected chi connectivity index (χ4v) is 2.04. The fourth-order valence-electron chi connectivity index (χ4n) is 1.41. The molecule has 0 aromatic heterocycles. The summed E-state index contributed by atoms with van der Waals surface area (Å²) >= 11 is 1.23. The SMILES string of the molecule is [CH2]CCCCCCCC.[SnH][c]1ccccc1. The van der Waals surface area contributed by atoms with E-state index >= 15 is 0 Å². The van der Waals surface area contributed by atoms with E-state index in [9.17, 15) is 0 Å². The normalized spacial score (nSPS) is 9.44. The molecule has 0 heterocycles. The molecule has 0 saturated carbocycles. The van der Waals surface area contributed by atoms with Crippen molar-refractivity contribution in [1.82, 2.24) is 0 Å². The molecule has 0 amide bonds. The van der Waals surface area contributed by atoms with E-state index in [1.54, 1.807) is 0 Å². The van der Waals surface area contributed by atoms with Crippen LogP contribution in [0.4, 0.5) is 0 Å². The van der Waals surface area contributed by atoms with Gasteiger partial charge in [0.1, 0.15) is 0 Å². The second-order valence-electron chi connectivity index (χ2n) is 4.03. The van der Waals surface area contributed by atoms with Gasteiger partial charge in [-0.05, 0) is 0 Å². The molecule has 0 fully saturated rings. The molecule has 1 aromatic rings. The summed E-state index contributed by atoms with van der Waals surface area (Å²) in [5, 5.41) is 0. The maximum absolute atomic E-state index is 3.80. The van der Waals surface area contributed by atoms with Crippen molar-refractivity contribution >= 4 is 26.1 Å². The molecule has 1 aromatic carbocycles. The molecule has 0 unspecified atom stereocenters. The predicted octanol–water partition coefficient (Wildman–Crippen LogP) is 3.78. The molecule has 0 aliphatic carbocycles. The predicted molar refractivity (Wildman–Crippen MR) is 76.6 cm³/mol. The topological polar surface area (TPSA) is 0 Å². The van der Waals surface area contributed by atoms with Crippen molar-refractivity contribution in [3.63, 3.8) is 0 Å². The number of benzene rings is 1. The van der Waals surface area contributed by atoms with Gasteiger partial charge in [-0.15, -0.1) is 0 Å². The molecular weight excluding hydrogens is 299 g/mol. The van der Waals surface area contributed by atoms with Gasteiger partial charge in [-0.2, -0.15) is 0 Å². The molecule has 0 aliphatic rings. The van der Waals surface area contributed by atoms with Crippen molar-refractivity contribution in [3.8, 4) is 0 Å². The summed E-state index contributed by atoms with van der Waals surface area (Å²) in [6.45, 7) is 6.05. The van der Waals surface area contributed by atoms with Crippen molar-refractivity contribution in [2.45, 2.75) is 51.9 Å². The Bertz CT molecular complexity index is 212. The summed E-state index contributed by atoms with van der Waals surface area (Å²) in [5.41, 5.74) is 0. The summed E-state index contributed by atoms with van der Waals surface area (Å²) in [4.78, 5) is 0. The molecule has 0 N–H and O–H groups in total. The van der Waals surface area contributed by atoms with Crippen LogP contribution < -0.4 is 3.58 Å². The van der Waals surface area contributed by atoms with E-state index in [2.05, 4.69) is 38.1 Å². The van der Waals surface area contributed by atoms with Gasteiger partial charge in [-0.25, -0.2) is 0 Å². The molecule has 3 radical (unpaired) electrons. The van der Waals surface area contributed by atoms with E-state index in [0.717, 1.165) is 6.42 Å². The Balaban J connectivity index is 0.000000288. The summed E-state index contributed by atoms with van der Waals surface area (Å²) in [7, 11) is 0. The monoisotopic (exact) mass is 325 g/mol. The van der Waals surface area contributed by atoms with Crippen molar-refractivity contribution < 1.29 is 0 Å². The first kappa shape index (κ1) is 16.0. The zero-order valence-electron chi connectivity index (χ0n) is 10.6. The average molecular weight is 324 g/mol. The van der Waals surface area contributed by atoms with Crippen LogP contribution >= 0.6 is 0 Å². The molecule has 89 valence electrons. The quantitative estimate of drug-likeness (QED) is 0.552. The van der Waals surface area contributed by atoms with Crippen LogP contribution in [0.2, 0.25) is 0 Å². The Kier molecular flexibility index (Phi) is 13.1. The standard InChI is InChI=1S/C9H19.C6H5.Sn.H/c1-3-5-7-9-8-6-4-2;1-2-4-6-5-3-1;;/h1,3-9H2,2H3;1-5H;;. The van der Waals surface area contributed by atoms with Gasteiger partial charge in [0.25, 0.3) is 0 Å². The summed E-state index contributed by atoms with van der Waals surface area (Å²) in [6.07, 6.45) is 9.45. The van der Waals surface area contributed by atoms with Crippen LogP contribution in [0, 0.1) is 6.92 Å². The van der Waals surface area contributed by atoms with E-state index < -0.39 is 0 Å². The molecule has 0 spiro atoms. The molecule has 1 heteroatoms. The van der Waals surface area contributed by atoms with E-state index in [-0.39, 0.29) is 0 Å². The van der Waals surface area contributed by atoms with Crippen LogP contribution in [0.3, 0.4) is 0 Å². The minimum atomic E-state index is 1.12. The molecule has 0 aliphatic heterocycles. The summed E-state index contributed by atoms with van der Waals surface area (Å²) < 4.78 is 1.45. The third-order valence-electron chi connectivity index (χ3n) is 2.40. The molecule has 16 heavy (non-hydrogen) atoms. The van der Waals surface area contributed by atoms with Gasteiger partial charge < -0.3 is 0 Å². The van der Waals surface area contributed by atoms with Gasteiger partial charge in [0, 0.05) is 0 Å². The van der Waals surface area contributed by atoms with Gasteiger partial charge in [0.15, 0.2) is 0 Å². The molecule has 0 bridgehead atoms. The van der Waals surface area contributed by atoms with Crippen molar-refractivity contribution in [2.75, 3.05) is 0 Å². The second kappa shape index (κ2) is 13.1. The average Bonchev–Trinajstić information content (AvgIpc) is 2.31. The van der Waals surface area contributed by atoms with Crippen LogP contribution in [0.5, 0.6) is 0 Å². The molecule has 1 rings (SSSR count). The first-order valence-corrected chi connectivity index (χ1v) is 8.05. The zero-order chi connectivity index (χ0) is 12.1. The number of hydrogen-bond acceptors (Lipinski definition) is 0. The molecule has 0 saturated heterocycles. The second-order valence-corrected chi connectivity index (χ2v) is 5.93. The Hall–Kier alpha value is 0.0187. The van der Waals surface area contributed by atoms with Gasteiger partial charge in [-0.1, -0.05) is 58.8 Å². The van der Waals surface area contributed by atoms with E-state index in [1.165, 1.54) is 64.6 Å². The molecular formula is C15H25Sn. The Morgan fingerprint density at radius 2 is 1.50 bits per heavy atom. The van der Waals surface area contributed by atoms with E-state index in [0.29, 0.717) is 0 Å². The first-order chi connectivity index (χ1) is 7.81. The van der Waals surface area contributed by atoms with Crippen molar-refractivity contribution in [2.24, 2.45) is 0 Å². The van der Waals surface area contributed by atoms with Crippen LogP contribution in [-0.2, 0) is 0 Å². The van der Waals surface area contributed by atoms with Crippen molar-refractivity contribution in [3.05, 3.63) is 37.3 Å². The minimum absolute atomic E-state index is 1.12. The van der Waals surface area contributed by atoms with E-state index in [1.807, 2.05) is 6.07 Å². The summed E-state index contributed by atoms with van der Waals surface area (Å²) in [6, 6.07) is 10.5. The summed E-state index contributed by atoms with van der Waals surface area (Å²) in [5.74, 6) is 0. The van der Waals surface area contributed by atoms with Gasteiger partial charge >= 0.3 is 56.4 Å². The van der Waals surface area contributed by atoms with Gasteiger partial charge in [0.05, 0.1) is 0 Å². The first-order valence-electron chi connectivity index (χ1n) is 6.41. The van der Waals surface area contributed by atoms with Crippen LogP contribution in [0.1, 0.15) is 51.9 Å². The number of rotatable bonds is 6. The fraction of sp³-hybridized carbons (Fsp3) is 0.533. The van der Waals surface area contributed by atoms with Gasteiger partial charge in [0.2, 0.25) is 0 Å².